The van der Waals surface area contributed by atoms with Gasteiger partial charge in [0.05, 0.1) is 11.6 Å². The van der Waals surface area contributed by atoms with Crippen molar-refractivity contribution in [3.8, 4) is 5.75 Å². The molecule has 4 aliphatic rings. The van der Waals surface area contributed by atoms with Crippen LogP contribution in [0.15, 0.2) is 72.8 Å². The normalized spacial score (nSPS) is 26.0. The van der Waals surface area contributed by atoms with Gasteiger partial charge < -0.3 is 4.74 Å². The van der Waals surface area contributed by atoms with E-state index in [1.165, 1.54) is 31.2 Å². The molecule has 0 spiro atoms. The Balaban J connectivity index is 1.56. The van der Waals surface area contributed by atoms with Crippen molar-refractivity contribution in [2.75, 3.05) is 4.90 Å². The summed E-state index contributed by atoms with van der Waals surface area (Å²) in [6.45, 7) is 1.27. The molecule has 2 atom stereocenters. The smallest absolute Gasteiger partial charge is 0.308 e. The molecular formula is C26H18N2O6. The number of rotatable bonds is 3. The van der Waals surface area contributed by atoms with E-state index in [1.54, 1.807) is 36.4 Å². The summed E-state index contributed by atoms with van der Waals surface area (Å²) >= 11 is 0. The highest BCUT2D eigenvalue weighted by Gasteiger charge is 2.74. The molecule has 7 rings (SSSR count). The molecule has 3 aromatic rings. The quantitative estimate of drug-likeness (QED) is 0.197. The Hall–Kier alpha value is -4.33. The molecule has 0 aromatic heterocycles. The van der Waals surface area contributed by atoms with Gasteiger partial charge in [-0.1, -0.05) is 48.5 Å². The molecule has 0 unspecified atom stereocenters. The second-order valence-electron chi connectivity index (χ2n) is 8.78. The van der Waals surface area contributed by atoms with Crippen LogP contribution in [0.5, 0.6) is 5.75 Å². The van der Waals surface area contributed by atoms with Gasteiger partial charge in [0, 0.05) is 28.9 Å². The minimum atomic E-state index is -1.86. The Kier molecular flexibility index (Phi) is 4.08. The van der Waals surface area contributed by atoms with Gasteiger partial charge in [0.2, 0.25) is 11.8 Å². The third-order valence-corrected chi connectivity index (χ3v) is 7.22. The van der Waals surface area contributed by atoms with Crippen molar-refractivity contribution in [3.63, 3.8) is 0 Å². The van der Waals surface area contributed by atoms with E-state index in [9.17, 15) is 24.5 Å². The molecule has 2 amide bonds. The first-order valence-corrected chi connectivity index (χ1v) is 10.9. The van der Waals surface area contributed by atoms with Gasteiger partial charge in [0.1, 0.15) is 11.7 Å². The molecule has 1 saturated heterocycles. The fourth-order valence-corrected chi connectivity index (χ4v) is 6.13. The van der Waals surface area contributed by atoms with Gasteiger partial charge in [0.15, 0.2) is 0 Å². The number of anilines is 1. The molecule has 1 heterocycles. The van der Waals surface area contributed by atoms with E-state index in [4.69, 9.17) is 4.74 Å². The number of carbonyl (C=O) groups excluding carboxylic acids is 3. The first kappa shape index (κ1) is 20.3. The molecule has 2 bridgehead atoms. The van der Waals surface area contributed by atoms with Gasteiger partial charge in [0.25, 0.3) is 5.54 Å². The largest absolute Gasteiger partial charge is 0.427 e. The monoisotopic (exact) mass is 454 g/mol. The van der Waals surface area contributed by atoms with E-state index in [1.807, 2.05) is 12.1 Å². The summed E-state index contributed by atoms with van der Waals surface area (Å²) in [4.78, 5) is 52.4. The maximum Gasteiger partial charge on any atom is 0.308 e. The number of benzene rings is 3. The predicted octanol–water partition coefficient (Wildman–Crippen LogP) is 3.40. The summed E-state index contributed by atoms with van der Waals surface area (Å²) in [5.41, 5.74) is 0.800. The molecule has 0 radical (unpaired) electrons. The van der Waals surface area contributed by atoms with Crippen LogP contribution in [0, 0.1) is 22.0 Å². The van der Waals surface area contributed by atoms with Gasteiger partial charge in [-0.25, -0.2) is 4.90 Å². The lowest BCUT2D eigenvalue weighted by Gasteiger charge is -2.48. The Morgan fingerprint density at radius 3 is 2.00 bits per heavy atom. The van der Waals surface area contributed by atoms with Crippen LogP contribution >= 0.6 is 0 Å². The van der Waals surface area contributed by atoms with E-state index in [2.05, 4.69) is 0 Å². The second-order valence-corrected chi connectivity index (χ2v) is 8.78. The zero-order valence-electron chi connectivity index (χ0n) is 18.0. The highest BCUT2D eigenvalue weighted by atomic mass is 16.6. The van der Waals surface area contributed by atoms with Crippen LogP contribution in [-0.2, 0) is 19.9 Å². The van der Waals surface area contributed by atoms with Crippen LogP contribution in [0.2, 0.25) is 0 Å². The molecule has 0 N–H and O–H groups in total. The van der Waals surface area contributed by atoms with Crippen molar-refractivity contribution in [2.24, 2.45) is 11.8 Å². The summed E-state index contributed by atoms with van der Waals surface area (Å²) in [7, 11) is 0. The minimum Gasteiger partial charge on any atom is -0.427 e. The second kappa shape index (κ2) is 6.84. The zero-order chi connectivity index (χ0) is 23.8. The standard InChI is InChI=1S/C26H18N2O6/c1-14(29)34-16-12-10-15(11-13-16)27-24(30)22-21-17-6-2-4-8-19(17)26(28(32)33,23(22)25(27)31)20-9-5-3-7-18(20)21/h2-13,21-23H,1H3/t21?,22-,23+,26?/m1/s1. The van der Waals surface area contributed by atoms with Crippen LogP contribution in [0.1, 0.15) is 35.1 Å². The molecule has 1 aliphatic heterocycles. The summed E-state index contributed by atoms with van der Waals surface area (Å²) in [5, 5.41) is 12.9. The summed E-state index contributed by atoms with van der Waals surface area (Å²) in [6.07, 6.45) is 0. The lowest BCUT2D eigenvalue weighted by atomic mass is 9.51. The van der Waals surface area contributed by atoms with E-state index in [-0.39, 0.29) is 11.4 Å². The Morgan fingerprint density at radius 2 is 1.47 bits per heavy atom. The molecule has 8 nitrogen and oxygen atoms in total. The highest BCUT2D eigenvalue weighted by molar-refractivity contribution is 6.23. The van der Waals surface area contributed by atoms with Gasteiger partial charge >= 0.3 is 5.97 Å². The Bertz CT molecular complexity index is 1370. The number of nitro groups is 1. The average molecular weight is 454 g/mol. The number of carbonyl (C=O) groups is 3. The third kappa shape index (κ3) is 2.34. The van der Waals surface area contributed by atoms with E-state index < -0.39 is 46.0 Å². The van der Waals surface area contributed by atoms with Gasteiger partial charge in [-0.3, -0.25) is 24.5 Å². The number of ether oxygens (including phenoxy) is 1. The summed E-state index contributed by atoms with van der Waals surface area (Å²) < 4.78 is 5.04. The van der Waals surface area contributed by atoms with Crippen LogP contribution in [0.4, 0.5) is 5.69 Å². The Morgan fingerprint density at radius 1 is 0.912 bits per heavy atom. The fourth-order valence-electron chi connectivity index (χ4n) is 6.13. The maximum atomic E-state index is 13.8. The van der Waals surface area contributed by atoms with E-state index >= 15 is 0 Å². The Labute approximate surface area is 193 Å². The lowest BCUT2D eigenvalue weighted by Crippen LogP contribution is -2.57. The number of amides is 2. The molecule has 34 heavy (non-hydrogen) atoms. The van der Waals surface area contributed by atoms with Crippen molar-refractivity contribution < 1.29 is 24.0 Å². The van der Waals surface area contributed by atoms with E-state index in [0.29, 0.717) is 22.3 Å². The zero-order valence-corrected chi connectivity index (χ0v) is 18.0. The molecule has 1 fully saturated rings. The fraction of sp³-hybridized carbons (Fsp3) is 0.192. The third-order valence-electron chi connectivity index (χ3n) is 7.22. The van der Waals surface area contributed by atoms with Crippen molar-refractivity contribution in [1.82, 2.24) is 0 Å². The summed E-state index contributed by atoms with van der Waals surface area (Å²) in [5.74, 6) is -3.80. The van der Waals surface area contributed by atoms with Gasteiger partial charge in [-0.05, 0) is 35.4 Å². The van der Waals surface area contributed by atoms with Crippen LogP contribution < -0.4 is 9.64 Å². The van der Waals surface area contributed by atoms with Gasteiger partial charge in [-0.15, -0.1) is 0 Å². The first-order valence-electron chi connectivity index (χ1n) is 10.9. The topological polar surface area (TPSA) is 107 Å². The average Bonchev–Trinajstić information content (AvgIpc) is 3.10. The van der Waals surface area contributed by atoms with E-state index in [0.717, 1.165) is 4.90 Å². The molecule has 3 aromatic carbocycles. The van der Waals surface area contributed by atoms with Crippen LogP contribution in [-0.4, -0.2) is 22.7 Å². The number of nitrogens with zero attached hydrogens (tertiary/aromatic N) is 2. The number of hydrogen-bond acceptors (Lipinski definition) is 6. The van der Waals surface area contributed by atoms with Crippen molar-refractivity contribution in [3.05, 3.63) is 105 Å². The minimum absolute atomic E-state index is 0.273. The number of imide groups is 1. The maximum absolute atomic E-state index is 13.8. The first-order chi connectivity index (χ1) is 16.4. The SMILES string of the molecule is CC(=O)Oc1ccc(N2C(=O)[C@@H]3C4c5ccccc5C([N+](=O)[O-])(c5ccccc54)[C@@H]3C2=O)cc1. The molecular weight excluding hydrogens is 436 g/mol. The lowest BCUT2D eigenvalue weighted by molar-refractivity contribution is -0.578. The predicted molar refractivity (Wildman–Crippen MR) is 120 cm³/mol. The molecule has 8 heteroatoms. The molecule has 3 aliphatic carbocycles. The van der Waals surface area contributed by atoms with Crippen molar-refractivity contribution in [2.45, 2.75) is 18.4 Å². The van der Waals surface area contributed by atoms with Crippen molar-refractivity contribution >= 4 is 23.5 Å². The van der Waals surface area contributed by atoms with Crippen molar-refractivity contribution in [1.29, 1.82) is 0 Å². The molecule has 168 valence electrons. The van der Waals surface area contributed by atoms with Crippen LogP contribution in [0.25, 0.3) is 0 Å². The van der Waals surface area contributed by atoms with Gasteiger partial charge in [-0.2, -0.15) is 0 Å². The van der Waals surface area contributed by atoms with Crippen LogP contribution in [0.3, 0.4) is 0 Å². The number of hydrogen-bond donors (Lipinski definition) is 0. The molecule has 0 saturated carbocycles. The summed E-state index contributed by atoms with van der Waals surface area (Å²) in [6, 6.07) is 20.1. The highest BCUT2D eigenvalue weighted by Crippen LogP contribution is 2.64. The number of esters is 1.